The zero-order valence-electron chi connectivity index (χ0n) is 18.4. The second kappa shape index (κ2) is 14.7. The lowest BCUT2D eigenvalue weighted by Gasteiger charge is -2.38. The highest BCUT2D eigenvalue weighted by Gasteiger charge is 2.30. The van der Waals surface area contributed by atoms with Crippen molar-refractivity contribution in [1.82, 2.24) is 0 Å². The first-order valence-electron chi connectivity index (χ1n) is 12.5. The van der Waals surface area contributed by atoms with E-state index in [0.29, 0.717) is 0 Å². The van der Waals surface area contributed by atoms with Gasteiger partial charge in [-0.2, -0.15) is 0 Å². The summed E-state index contributed by atoms with van der Waals surface area (Å²) < 4.78 is 5.68. The SMILES string of the molecule is C=CCOC[C@H]1CC[C@H]([C@H]2CC[C@H](CCCCCCCCCC)CC2)CC1. The molecule has 0 aromatic heterocycles. The van der Waals surface area contributed by atoms with Gasteiger partial charge in [0.1, 0.15) is 0 Å². The highest BCUT2D eigenvalue weighted by Crippen LogP contribution is 2.42. The third-order valence-electron chi connectivity index (χ3n) is 7.50. The molecule has 1 heteroatoms. The lowest BCUT2D eigenvalue weighted by atomic mass is 9.69. The molecule has 0 aromatic carbocycles. The summed E-state index contributed by atoms with van der Waals surface area (Å²) >= 11 is 0. The van der Waals surface area contributed by atoms with Gasteiger partial charge in [-0.05, 0) is 62.2 Å². The second-order valence-electron chi connectivity index (χ2n) is 9.65. The van der Waals surface area contributed by atoms with Crippen LogP contribution < -0.4 is 0 Å². The number of hydrogen-bond donors (Lipinski definition) is 0. The molecule has 0 saturated heterocycles. The van der Waals surface area contributed by atoms with Gasteiger partial charge >= 0.3 is 0 Å². The Bertz CT molecular complexity index is 347. The average molecular weight is 377 g/mol. The van der Waals surface area contributed by atoms with Gasteiger partial charge in [-0.1, -0.05) is 83.6 Å². The molecule has 2 saturated carbocycles. The third kappa shape index (κ3) is 9.64. The summed E-state index contributed by atoms with van der Waals surface area (Å²) in [6.45, 7) is 7.73. The maximum Gasteiger partial charge on any atom is 0.0644 e. The topological polar surface area (TPSA) is 9.23 Å². The Labute approximate surface area is 170 Å². The maximum absolute atomic E-state index is 5.68. The van der Waals surface area contributed by atoms with E-state index in [0.717, 1.165) is 36.9 Å². The summed E-state index contributed by atoms with van der Waals surface area (Å²) in [6.07, 6.45) is 27.0. The van der Waals surface area contributed by atoms with Crippen molar-refractivity contribution in [3.63, 3.8) is 0 Å². The normalized spacial score (nSPS) is 28.9. The molecule has 2 aliphatic carbocycles. The molecule has 158 valence electrons. The largest absolute Gasteiger partial charge is 0.377 e. The van der Waals surface area contributed by atoms with Crippen molar-refractivity contribution >= 4 is 0 Å². The van der Waals surface area contributed by atoms with E-state index in [1.165, 1.54) is 109 Å². The first-order chi connectivity index (χ1) is 13.3. The minimum atomic E-state index is 0.725. The zero-order chi connectivity index (χ0) is 19.2. The van der Waals surface area contributed by atoms with Gasteiger partial charge in [0.2, 0.25) is 0 Å². The van der Waals surface area contributed by atoms with Crippen LogP contribution in [0.5, 0.6) is 0 Å². The Hall–Kier alpha value is -0.300. The maximum atomic E-state index is 5.68. The number of unbranched alkanes of at least 4 members (excludes halogenated alkanes) is 7. The Morgan fingerprint density at radius 3 is 1.78 bits per heavy atom. The molecule has 0 atom stereocenters. The van der Waals surface area contributed by atoms with Crippen LogP contribution in [0.3, 0.4) is 0 Å². The Morgan fingerprint density at radius 1 is 0.704 bits per heavy atom. The molecule has 0 aliphatic heterocycles. The van der Waals surface area contributed by atoms with Crippen LogP contribution in [0.2, 0.25) is 0 Å². The van der Waals surface area contributed by atoms with Crippen LogP contribution in [0, 0.1) is 23.7 Å². The molecule has 0 unspecified atom stereocenters. The van der Waals surface area contributed by atoms with E-state index in [1.807, 2.05) is 6.08 Å². The molecule has 0 heterocycles. The van der Waals surface area contributed by atoms with Gasteiger partial charge in [0, 0.05) is 6.61 Å². The van der Waals surface area contributed by atoms with Crippen LogP contribution >= 0.6 is 0 Å². The van der Waals surface area contributed by atoms with Crippen molar-refractivity contribution < 1.29 is 4.74 Å². The lowest BCUT2D eigenvalue weighted by molar-refractivity contribution is 0.0779. The van der Waals surface area contributed by atoms with Gasteiger partial charge in [0.25, 0.3) is 0 Å². The average Bonchev–Trinajstić information content (AvgIpc) is 2.71. The lowest BCUT2D eigenvalue weighted by Crippen LogP contribution is -2.27. The monoisotopic (exact) mass is 376 g/mol. The predicted molar refractivity (Wildman–Crippen MR) is 119 cm³/mol. The fraction of sp³-hybridized carbons (Fsp3) is 0.923. The quantitative estimate of drug-likeness (QED) is 0.219. The summed E-state index contributed by atoms with van der Waals surface area (Å²) in [5.41, 5.74) is 0. The Morgan fingerprint density at radius 2 is 1.22 bits per heavy atom. The summed E-state index contributed by atoms with van der Waals surface area (Å²) in [5.74, 6) is 3.96. The van der Waals surface area contributed by atoms with E-state index < -0.39 is 0 Å². The highest BCUT2D eigenvalue weighted by atomic mass is 16.5. The first kappa shape index (κ1) is 23.0. The first-order valence-corrected chi connectivity index (χ1v) is 12.5. The summed E-state index contributed by atoms with van der Waals surface area (Å²) in [7, 11) is 0. The van der Waals surface area contributed by atoms with E-state index in [2.05, 4.69) is 13.5 Å². The van der Waals surface area contributed by atoms with Gasteiger partial charge in [-0.25, -0.2) is 0 Å². The van der Waals surface area contributed by atoms with E-state index in [-0.39, 0.29) is 0 Å². The predicted octanol–water partition coefficient (Wildman–Crippen LogP) is 8.33. The van der Waals surface area contributed by atoms with Crippen molar-refractivity contribution in [2.45, 2.75) is 116 Å². The highest BCUT2D eigenvalue weighted by molar-refractivity contribution is 4.82. The number of rotatable bonds is 14. The fourth-order valence-corrected chi connectivity index (χ4v) is 5.66. The summed E-state index contributed by atoms with van der Waals surface area (Å²) in [4.78, 5) is 0. The Kier molecular flexibility index (Phi) is 12.5. The molecular weight excluding hydrogens is 328 g/mol. The van der Waals surface area contributed by atoms with E-state index >= 15 is 0 Å². The minimum Gasteiger partial charge on any atom is -0.377 e. The van der Waals surface area contributed by atoms with Crippen LogP contribution in [0.4, 0.5) is 0 Å². The third-order valence-corrected chi connectivity index (χ3v) is 7.50. The molecule has 2 aliphatic rings. The molecule has 0 spiro atoms. The molecule has 0 aromatic rings. The van der Waals surface area contributed by atoms with Gasteiger partial charge in [-0.3, -0.25) is 0 Å². The molecule has 1 nitrogen and oxygen atoms in total. The summed E-state index contributed by atoms with van der Waals surface area (Å²) in [6, 6.07) is 0. The van der Waals surface area contributed by atoms with Crippen LogP contribution in [0.25, 0.3) is 0 Å². The number of hydrogen-bond acceptors (Lipinski definition) is 1. The molecular formula is C26H48O. The molecule has 0 radical (unpaired) electrons. The van der Waals surface area contributed by atoms with E-state index in [1.54, 1.807) is 0 Å². The Balaban J connectivity index is 1.46. The summed E-state index contributed by atoms with van der Waals surface area (Å²) in [5, 5.41) is 0. The van der Waals surface area contributed by atoms with Crippen LogP contribution in [0.1, 0.15) is 116 Å². The molecule has 2 fully saturated rings. The number of ether oxygens (including phenoxy) is 1. The molecule has 27 heavy (non-hydrogen) atoms. The van der Waals surface area contributed by atoms with Gasteiger partial charge in [0.05, 0.1) is 6.61 Å². The van der Waals surface area contributed by atoms with Crippen LogP contribution in [-0.4, -0.2) is 13.2 Å². The fourth-order valence-electron chi connectivity index (χ4n) is 5.66. The van der Waals surface area contributed by atoms with Gasteiger partial charge in [0.15, 0.2) is 0 Å². The van der Waals surface area contributed by atoms with Crippen LogP contribution in [0.15, 0.2) is 12.7 Å². The second-order valence-corrected chi connectivity index (χ2v) is 9.65. The van der Waals surface area contributed by atoms with Crippen molar-refractivity contribution in [3.05, 3.63) is 12.7 Å². The minimum absolute atomic E-state index is 0.725. The molecule has 0 N–H and O–H groups in total. The molecule has 2 rings (SSSR count). The molecule has 0 amide bonds. The van der Waals surface area contributed by atoms with Crippen molar-refractivity contribution in [3.8, 4) is 0 Å². The standard InChI is InChI=1S/C26H48O/c1-3-5-6-7-8-9-10-11-12-23-13-17-25(18-14-23)26-19-15-24(16-20-26)22-27-21-4-2/h4,23-26H,2-3,5-22H2,1H3/t23-,24-,25-,26-. The zero-order valence-corrected chi connectivity index (χ0v) is 18.4. The molecule has 0 bridgehead atoms. The van der Waals surface area contributed by atoms with Crippen LogP contribution in [-0.2, 0) is 4.74 Å². The van der Waals surface area contributed by atoms with Crippen molar-refractivity contribution in [1.29, 1.82) is 0 Å². The van der Waals surface area contributed by atoms with Gasteiger partial charge in [-0.15, -0.1) is 6.58 Å². The van der Waals surface area contributed by atoms with Crippen molar-refractivity contribution in [2.75, 3.05) is 13.2 Å². The van der Waals surface area contributed by atoms with E-state index in [4.69, 9.17) is 4.74 Å². The smallest absolute Gasteiger partial charge is 0.0644 e. The van der Waals surface area contributed by atoms with Crippen molar-refractivity contribution in [2.24, 2.45) is 23.7 Å². The van der Waals surface area contributed by atoms with E-state index in [9.17, 15) is 0 Å². The van der Waals surface area contributed by atoms with Gasteiger partial charge < -0.3 is 4.74 Å².